The Morgan fingerprint density at radius 1 is 0.846 bits per heavy atom. The van der Waals surface area contributed by atoms with Gasteiger partial charge in [-0.25, -0.2) is 9.59 Å². The van der Waals surface area contributed by atoms with Crippen LogP contribution in [0.2, 0.25) is 36.3 Å². The van der Waals surface area contributed by atoms with Gasteiger partial charge in [0.25, 0.3) is 5.91 Å². The van der Waals surface area contributed by atoms with Gasteiger partial charge in [0.05, 0.1) is 47.3 Å². The molecule has 3 aromatic rings. The van der Waals surface area contributed by atoms with Crippen LogP contribution >= 0.6 is 0 Å². The second-order valence-electron chi connectivity index (χ2n) is 23.9. The minimum Gasteiger partial charge on any atom is -0.456 e. The zero-order valence-electron chi connectivity index (χ0n) is 47.6. The van der Waals surface area contributed by atoms with E-state index in [1.165, 1.54) is 38.1 Å². The Bertz CT molecular complexity index is 2830. The first-order chi connectivity index (χ1) is 36.5. The fourth-order valence-electron chi connectivity index (χ4n) is 12.3. The van der Waals surface area contributed by atoms with E-state index in [1.54, 1.807) is 82.3 Å². The van der Waals surface area contributed by atoms with E-state index in [0.29, 0.717) is 29.3 Å². The monoisotopic (exact) mass is 1110 g/mol. The summed E-state index contributed by atoms with van der Waals surface area (Å²) in [6.07, 6.45) is -8.87. The van der Waals surface area contributed by atoms with Gasteiger partial charge >= 0.3 is 23.9 Å². The molecule has 0 radical (unpaired) electrons. The summed E-state index contributed by atoms with van der Waals surface area (Å²) in [7, 11) is -5.65. The summed E-state index contributed by atoms with van der Waals surface area (Å²) in [5.74, 6) is -6.05. The molecule has 4 aliphatic rings. The Kier molecular flexibility index (Phi) is 17.2. The number of rotatable bonds is 17. The van der Waals surface area contributed by atoms with Crippen molar-refractivity contribution >= 4 is 52.2 Å². The van der Waals surface area contributed by atoms with Crippen molar-refractivity contribution in [3.8, 4) is 6.07 Å². The van der Waals surface area contributed by atoms with Crippen LogP contribution in [0, 0.1) is 28.1 Å². The van der Waals surface area contributed by atoms with Crippen LogP contribution in [0.15, 0.2) is 96.1 Å². The van der Waals surface area contributed by atoms with E-state index >= 15 is 14.4 Å². The van der Waals surface area contributed by atoms with E-state index in [0.717, 1.165) is 0 Å². The standard InChI is InChI=1S/C60H78N2O14Si2/c1-15-78(16-2,17-3)75-44-32-45-59(35-70-45,74-38(6)64)50-52(73-54(67)42-30-28-39(34-61)29-31-42)60(69)33-43(36(4)46(57(60,10)11)48(71-37(5)63)51(65)58(44,50)12)72-55(68)49(76-77(13,14)56(7,8)9)47(40-24-20-18-21-25-40)62-53(66)41-26-22-19-23-27-41/h18-31,43-45,47-50,52,69H,15-17,32-33,35H2,1-14H3,(H,62,66)/t43-,44-,45+,47-,48+,49+,50-,52-,58+,59-,60+/m0/s1. The number of hydrogen-bond donors (Lipinski definition) is 2. The van der Waals surface area contributed by atoms with E-state index in [2.05, 4.69) is 11.4 Å². The fourth-order valence-corrected chi connectivity index (χ4v) is 16.5. The van der Waals surface area contributed by atoms with Crippen molar-refractivity contribution in [3.05, 3.63) is 118 Å². The highest BCUT2D eigenvalue weighted by atomic mass is 28.4. The van der Waals surface area contributed by atoms with Crippen molar-refractivity contribution in [1.29, 1.82) is 5.26 Å². The molecule has 420 valence electrons. The van der Waals surface area contributed by atoms with Crippen LogP contribution in [0.1, 0.15) is 134 Å². The Hall–Kier alpha value is -5.82. The summed E-state index contributed by atoms with van der Waals surface area (Å²) in [6, 6.07) is 26.1. The van der Waals surface area contributed by atoms with Gasteiger partial charge in [0.1, 0.15) is 23.9 Å². The lowest BCUT2D eigenvalue weighted by Crippen LogP contribution is -2.82. The molecule has 2 N–H and O–H groups in total. The van der Waals surface area contributed by atoms with Crippen molar-refractivity contribution < 1.29 is 66.4 Å². The van der Waals surface area contributed by atoms with Crippen LogP contribution in [-0.4, -0.2) is 112 Å². The minimum absolute atomic E-state index is 0.00469. The third-order valence-electron chi connectivity index (χ3n) is 18.2. The number of ketones is 1. The third kappa shape index (κ3) is 10.7. The normalized spacial score (nSPS) is 28.4. The average Bonchev–Trinajstić information content (AvgIpc) is 3.12. The zero-order valence-corrected chi connectivity index (χ0v) is 49.6. The first kappa shape index (κ1) is 59.8. The quantitative estimate of drug-likeness (QED) is 0.0556. The topological polar surface area (TPSA) is 223 Å². The molecule has 1 saturated heterocycles. The number of nitriles is 1. The number of esters is 4. The number of ether oxygens (including phenoxy) is 5. The number of carbonyl (C=O) groups excluding carboxylic acids is 6. The summed E-state index contributed by atoms with van der Waals surface area (Å²) in [4.78, 5) is 88.9. The van der Waals surface area contributed by atoms with E-state index in [-0.39, 0.29) is 35.3 Å². The van der Waals surface area contributed by atoms with E-state index in [1.807, 2.05) is 60.7 Å². The van der Waals surface area contributed by atoms with Crippen molar-refractivity contribution in [1.82, 2.24) is 5.32 Å². The molecule has 1 aliphatic heterocycles. The summed E-state index contributed by atoms with van der Waals surface area (Å²) in [5, 5.41) is 26.8. The fraction of sp³-hybridized carbons (Fsp3) is 0.550. The van der Waals surface area contributed by atoms with Gasteiger partial charge in [-0.1, -0.05) is 104 Å². The molecule has 16 nitrogen and oxygen atoms in total. The Morgan fingerprint density at radius 3 is 1.95 bits per heavy atom. The molecule has 0 unspecified atom stereocenters. The second-order valence-corrected chi connectivity index (χ2v) is 33.3. The number of nitrogens with zero attached hydrogens (tertiary/aromatic N) is 1. The van der Waals surface area contributed by atoms with Gasteiger partial charge in [0.15, 0.2) is 40.2 Å². The van der Waals surface area contributed by atoms with E-state index in [4.69, 9.17) is 32.5 Å². The molecule has 1 amide bonds. The molecule has 11 atom stereocenters. The molecule has 18 heteroatoms. The highest BCUT2D eigenvalue weighted by Crippen LogP contribution is 2.65. The van der Waals surface area contributed by atoms with Crippen molar-refractivity contribution in [3.63, 3.8) is 0 Å². The number of benzene rings is 3. The lowest BCUT2D eigenvalue weighted by atomic mass is 9.44. The molecule has 3 fully saturated rings. The summed E-state index contributed by atoms with van der Waals surface area (Å²) >= 11 is 0. The Labute approximate surface area is 461 Å². The molecular formula is C60H78N2O14Si2. The molecule has 3 aliphatic carbocycles. The number of carbonyl (C=O) groups is 6. The van der Waals surface area contributed by atoms with Crippen LogP contribution in [0.4, 0.5) is 0 Å². The zero-order chi connectivity index (χ0) is 57.6. The number of Topliss-reactive ketones (excluding diaryl/α,β-unsaturated/α-hetero) is 1. The number of fused-ring (bicyclic) bond motifs is 5. The minimum atomic E-state index is -2.96. The van der Waals surface area contributed by atoms with Gasteiger partial charge in [-0.3, -0.25) is 19.2 Å². The largest absolute Gasteiger partial charge is 0.456 e. The van der Waals surface area contributed by atoms with Crippen LogP contribution in [0.25, 0.3) is 0 Å². The molecule has 2 bridgehead atoms. The molecule has 1 heterocycles. The van der Waals surface area contributed by atoms with Crippen LogP contribution < -0.4 is 5.32 Å². The van der Waals surface area contributed by atoms with Gasteiger partial charge in [-0.05, 0) is 103 Å². The van der Waals surface area contributed by atoms with E-state index < -0.39 is 134 Å². The molecule has 0 spiro atoms. The third-order valence-corrected chi connectivity index (χ3v) is 27.3. The van der Waals surface area contributed by atoms with Crippen molar-refractivity contribution in [2.24, 2.45) is 16.7 Å². The highest BCUT2D eigenvalue weighted by Gasteiger charge is 2.79. The molecule has 0 aromatic heterocycles. The van der Waals surface area contributed by atoms with Crippen LogP contribution in [0.3, 0.4) is 0 Å². The molecular weight excluding hydrogens is 1030 g/mol. The van der Waals surface area contributed by atoms with Crippen molar-refractivity contribution in [2.75, 3.05) is 6.61 Å². The maximum atomic E-state index is 16.6. The summed E-state index contributed by atoms with van der Waals surface area (Å²) < 4.78 is 47.0. The highest BCUT2D eigenvalue weighted by molar-refractivity contribution is 6.74. The van der Waals surface area contributed by atoms with Crippen LogP contribution in [-0.2, 0) is 51.7 Å². The molecule has 3 aromatic carbocycles. The maximum Gasteiger partial charge on any atom is 0.338 e. The number of hydrogen-bond acceptors (Lipinski definition) is 15. The Morgan fingerprint density at radius 2 is 1.44 bits per heavy atom. The average molecular weight is 1110 g/mol. The van der Waals surface area contributed by atoms with Gasteiger partial charge in [-0.15, -0.1) is 0 Å². The number of nitrogens with one attached hydrogen (secondary N) is 1. The van der Waals surface area contributed by atoms with Gasteiger partial charge in [-0.2, -0.15) is 5.26 Å². The smallest absolute Gasteiger partial charge is 0.338 e. The summed E-state index contributed by atoms with van der Waals surface area (Å²) in [5.41, 5.74) is -6.17. The molecule has 78 heavy (non-hydrogen) atoms. The van der Waals surface area contributed by atoms with E-state index in [9.17, 15) is 24.8 Å². The first-order valence-electron chi connectivity index (χ1n) is 27.2. The van der Waals surface area contributed by atoms with Crippen LogP contribution in [0.5, 0.6) is 0 Å². The number of amides is 1. The maximum absolute atomic E-state index is 16.6. The molecule has 2 saturated carbocycles. The predicted octanol–water partition coefficient (Wildman–Crippen LogP) is 9.67. The van der Waals surface area contributed by atoms with Crippen molar-refractivity contribution in [2.45, 2.75) is 186 Å². The lowest BCUT2D eigenvalue weighted by Gasteiger charge is -2.68. The predicted molar refractivity (Wildman–Crippen MR) is 295 cm³/mol. The van der Waals surface area contributed by atoms with Gasteiger partial charge < -0.3 is 43.0 Å². The summed E-state index contributed by atoms with van der Waals surface area (Å²) in [6.45, 7) is 24.9. The number of aliphatic hydroxyl groups is 1. The first-order valence-corrected chi connectivity index (χ1v) is 32.6. The molecule has 7 rings (SSSR count). The van der Waals surface area contributed by atoms with Gasteiger partial charge in [0.2, 0.25) is 0 Å². The van der Waals surface area contributed by atoms with Gasteiger partial charge in [0, 0.05) is 37.7 Å². The second kappa shape index (κ2) is 22.4. The Balaban J connectivity index is 1.50. The lowest BCUT2D eigenvalue weighted by molar-refractivity contribution is -0.344. The SMILES string of the molecule is CC[Si](CC)(CC)O[C@H]1C[C@H]2OC[C@@]2(OC(C)=O)[C@H]2[C@H](OC(=O)c3ccc(C#N)cc3)[C@]3(O)C[C@H](OC(=O)[C@H](O[Si](C)(C)C(C)(C)C)[C@@H](NC(=O)c4ccccc4)c4ccccc4)C(C)=C([C@@H](OC(C)=O)C(=O)[C@]12C)C3(C)C.